The van der Waals surface area contributed by atoms with E-state index in [0.717, 1.165) is 11.1 Å². The average molecular weight is 470 g/mol. The van der Waals surface area contributed by atoms with Crippen LogP contribution in [-0.2, 0) is 16.0 Å². The number of aryl methyl sites for hydroxylation is 1. The number of carbonyl (C=O) groups is 3. The first-order chi connectivity index (χ1) is 17.0. The van der Waals surface area contributed by atoms with Crippen LogP contribution >= 0.6 is 0 Å². The van der Waals surface area contributed by atoms with Crippen LogP contribution in [0.25, 0.3) is 0 Å². The van der Waals surface area contributed by atoms with E-state index in [2.05, 4.69) is 22.5 Å². The first-order valence-electron chi connectivity index (χ1n) is 11.2. The van der Waals surface area contributed by atoms with Gasteiger partial charge in [-0.3, -0.25) is 14.4 Å². The number of hydrogen-bond acceptors (Lipinski definition) is 5. The lowest BCUT2D eigenvalue weighted by Gasteiger charge is -2.14. The molecule has 0 aliphatic rings. The summed E-state index contributed by atoms with van der Waals surface area (Å²) in [5, 5.41) is 14.3. The van der Waals surface area contributed by atoms with E-state index in [-0.39, 0.29) is 12.5 Å². The predicted molar refractivity (Wildman–Crippen MR) is 135 cm³/mol. The summed E-state index contributed by atoms with van der Waals surface area (Å²) >= 11 is 0. The van der Waals surface area contributed by atoms with Crippen LogP contribution in [0.4, 0.5) is 5.69 Å². The number of aliphatic hydroxyl groups is 1. The highest BCUT2D eigenvalue weighted by Crippen LogP contribution is 2.11. The highest BCUT2D eigenvalue weighted by atomic mass is 16.3. The van der Waals surface area contributed by atoms with Crippen molar-refractivity contribution in [2.75, 3.05) is 18.5 Å². The van der Waals surface area contributed by atoms with Crippen LogP contribution < -0.4 is 16.4 Å². The summed E-state index contributed by atoms with van der Waals surface area (Å²) in [6.07, 6.45) is 1.09. The Balaban J connectivity index is 1.53. The van der Waals surface area contributed by atoms with Gasteiger partial charge in [-0.15, -0.1) is 0 Å². The fourth-order valence-electron chi connectivity index (χ4n) is 3.23. The van der Waals surface area contributed by atoms with Crippen LogP contribution in [-0.4, -0.2) is 41.9 Å². The van der Waals surface area contributed by atoms with Gasteiger partial charge in [-0.05, 0) is 60.5 Å². The van der Waals surface area contributed by atoms with Gasteiger partial charge in [0.25, 0.3) is 5.91 Å². The van der Waals surface area contributed by atoms with E-state index in [9.17, 15) is 14.4 Å². The van der Waals surface area contributed by atoms with Crippen LogP contribution in [0.5, 0.6) is 0 Å². The van der Waals surface area contributed by atoms with Gasteiger partial charge in [-0.25, -0.2) is 0 Å². The van der Waals surface area contributed by atoms with Crippen LogP contribution in [0.15, 0.2) is 78.9 Å². The largest absolute Gasteiger partial charge is 0.388 e. The Morgan fingerprint density at radius 1 is 0.857 bits per heavy atom. The summed E-state index contributed by atoms with van der Waals surface area (Å²) in [5.41, 5.74) is 9.15. The molecule has 0 radical (unpaired) electrons. The van der Waals surface area contributed by atoms with Crippen molar-refractivity contribution in [2.24, 2.45) is 5.73 Å². The first-order valence-corrected chi connectivity index (χ1v) is 11.2. The molecule has 178 valence electrons. The quantitative estimate of drug-likeness (QED) is 0.358. The van der Waals surface area contributed by atoms with E-state index in [0.29, 0.717) is 29.7 Å². The van der Waals surface area contributed by atoms with Crippen molar-refractivity contribution in [3.8, 4) is 11.8 Å². The second-order valence-electron chi connectivity index (χ2n) is 7.82. The van der Waals surface area contributed by atoms with Crippen LogP contribution in [0.1, 0.15) is 33.5 Å². The molecule has 3 rings (SSSR count). The number of nitrogens with two attached hydrogens (primary N) is 1. The van der Waals surface area contributed by atoms with Crippen molar-refractivity contribution in [1.29, 1.82) is 0 Å². The van der Waals surface area contributed by atoms with E-state index in [1.807, 2.05) is 42.5 Å². The Hall–Kier alpha value is -4.25. The molecule has 0 saturated carbocycles. The second kappa shape index (κ2) is 12.8. The lowest BCUT2D eigenvalue weighted by molar-refractivity contribution is -0.123. The normalized spacial score (nSPS) is 11.0. The lowest BCUT2D eigenvalue weighted by Crippen LogP contribution is -2.46. The number of benzene rings is 3. The van der Waals surface area contributed by atoms with Gasteiger partial charge in [-0.2, -0.15) is 0 Å². The van der Waals surface area contributed by atoms with Gasteiger partial charge >= 0.3 is 0 Å². The highest BCUT2D eigenvalue weighted by molar-refractivity contribution is 5.98. The van der Waals surface area contributed by atoms with E-state index < -0.39 is 24.3 Å². The lowest BCUT2D eigenvalue weighted by atomic mass is 10.1. The molecule has 1 atom stereocenters. The molecule has 0 heterocycles. The maximum atomic E-state index is 12.3. The molecule has 0 aliphatic heterocycles. The Bertz CT molecular complexity index is 1210. The molecule has 7 heteroatoms. The zero-order valence-electron chi connectivity index (χ0n) is 19.2. The summed E-state index contributed by atoms with van der Waals surface area (Å²) in [6.45, 7) is -0.775. The van der Waals surface area contributed by atoms with E-state index in [4.69, 9.17) is 10.8 Å². The summed E-state index contributed by atoms with van der Waals surface area (Å²) in [4.78, 5) is 36.0. The van der Waals surface area contributed by atoms with Gasteiger partial charge in [0.05, 0.1) is 0 Å². The van der Waals surface area contributed by atoms with Gasteiger partial charge in [0.2, 0.25) is 5.91 Å². The summed E-state index contributed by atoms with van der Waals surface area (Å²) in [5.74, 6) is 5.04. The number of amides is 2. The standard InChI is InChI=1S/C28H27N3O4/c29-18-25(26(33)19-32)31-28(35)23-13-8-21(9-14-23)6-7-22-10-15-24(16-11-22)30-27(34)17-12-20-4-2-1-3-5-20/h1-5,8-11,13-16,25,32H,12,17-19,29H2,(H,30,34)(H,31,35)/t25-/m0/s1. The molecule has 0 aliphatic carbocycles. The van der Waals surface area contributed by atoms with Crippen molar-refractivity contribution in [3.05, 3.63) is 101 Å². The maximum absolute atomic E-state index is 12.3. The molecule has 3 aromatic carbocycles. The van der Waals surface area contributed by atoms with Crippen molar-refractivity contribution in [1.82, 2.24) is 5.32 Å². The zero-order chi connectivity index (χ0) is 25.0. The molecule has 35 heavy (non-hydrogen) atoms. The van der Waals surface area contributed by atoms with Crippen molar-refractivity contribution in [2.45, 2.75) is 18.9 Å². The fourth-order valence-corrected chi connectivity index (χ4v) is 3.23. The molecular weight excluding hydrogens is 442 g/mol. The minimum absolute atomic E-state index is 0.0460. The predicted octanol–water partition coefficient (Wildman–Crippen LogP) is 2.28. The number of rotatable bonds is 9. The Morgan fingerprint density at radius 3 is 2.03 bits per heavy atom. The van der Waals surface area contributed by atoms with Gasteiger partial charge in [0, 0.05) is 35.3 Å². The monoisotopic (exact) mass is 469 g/mol. The van der Waals surface area contributed by atoms with Gasteiger partial charge < -0.3 is 21.5 Å². The van der Waals surface area contributed by atoms with Crippen molar-refractivity contribution >= 4 is 23.3 Å². The third-order valence-corrected chi connectivity index (χ3v) is 5.24. The smallest absolute Gasteiger partial charge is 0.251 e. The summed E-state index contributed by atoms with van der Waals surface area (Å²) < 4.78 is 0. The molecule has 0 fully saturated rings. The van der Waals surface area contributed by atoms with Crippen LogP contribution in [0.3, 0.4) is 0 Å². The van der Waals surface area contributed by atoms with E-state index in [1.165, 1.54) is 0 Å². The first kappa shape index (κ1) is 25.4. The SMILES string of the molecule is NC[C@H](NC(=O)c1ccc(C#Cc2ccc(NC(=O)CCc3ccccc3)cc2)cc1)C(=O)CO. The minimum atomic E-state index is -0.927. The molecule has 2 amide bonds. The zero-order valence-corrected chi connectivity index (χ0v) is 19.2. The molecule has 0 spiro atoms. The molecule has 0 aromatic heterocycles. The van der Waals surface area contributed by atoms with Gasteiger partial charge in [0.15, 0.2) is 5.78 Å². The topological polar surface area (TPSA) is 122 Å². The molecule has 0 unspecified atom stereocenters. The van der Waals surface area contributed by atoms with Crippen LogP contribution in [0, 0.1) is 11.8 Å². The van der Waals surface area contributed by atoms with Crippen LogP contribution in [0.2, 0.25) is 0 Å². The number of aliphatic hydroxyl groups excluding tert-OH is 1. The Labute approximate surface area is 204 Å². The van der Waals surface area contributed by atoms with Gasteiger partial charge in [0.1, 0.15) is 12.6 Å². The Morgan fingerprint density at radius 2 is 1.46 bits per heavy atom. The Kier molecular flexibility index (Phi) is 9.31. The number of nitrogens with one attached hydrogen (secondary N) is 2. The third-order valence-electron chi connectivity index (χ3n) is 5.24. The highest BCUT2D eigenvalue weighted by Gasteiger charge is 2.18. The number of carbonyl (C=O) groups excluding carboxylic acids is 3. The summed E-state index contributed by atoms with van der Waals surface area (Å²) in [6, 6.07) is 22.8. The molecule has 3 aromatic rings. The molecule has 0 bridgehead atoms. The number of Topliss-reactive ketones (excluding diaryl/α,β-unsaturated/α-hetero) is 1. The number of anilines is 1. The average Bonchev–Trinajstić information content (AvgIpc) is 2.90. The third kappa shape index (κ3) is 7.93. The van der Waals surface area contributed by atoms with E-state index in [1.54, 1.807) is 36.4 Å². The molecule has 7 nitrogen and oxygen atoms in total. The summed E-state index contributed by atoms with van der Waals surface area (Å²) in [7, 11) is 0. The molecule has 5 N–H and O–H groups in total. The number of ketones is 1. The minimum Gasteiger partial charge on any atom is -0.388 e. The molecular formula is C28H27N3O4. The maximum Gasteiger partial charge on any atom is 0.251 e. The fraction of sp³-hybridized carbons (Fsp3) is 0.179. The van der Waals surface area contributed by atoms with Gasteiger partial charge in [-0.1, -0.05) is 42.2 Å². The second-order valence-corrected chi connectivity index (χ2v) is 7.82. The van der Waals surface area contributed by atoms with E-state index >= 15 is 0 Å². The van der Waals surface area contributed by atoms with Crippen molar-refractivity contribution < 1.29 is 19.5 Å². The number of hydrogen-bond donors (Lipinski definition) is 4. The van der Waals surface area contributed by atoms with Crippen molar-refractivity contribution in [3.63, 3.8) is 0 Å². The molecule has 0 saturated heterocycles.